The summed E-state index contributed by atoms with van der Waals surface area (Å²) in [6.45, 7) is 6.74. The number of nitrogens with one attached hydrogen (secondary N) is 1. The molecule has 0 spiro atoms. The van der Waals surface area contributed by atoms with Crippen LogP contribution in [-0.4, -0.2) is 31.1 Å². The molecule has 1 aromatic carbocycles. The van der Waals surface area contributed by atoms with Gasteiger partial charge in [0.1, 0.15) is 0 Å². The quantitative estimate of drug-likeness (QED) is 0.808. The van der Waals surface area contributed by atoms with Crippen molar-refractivity contribution in [2.75, 3.05) is 24.5 Å². The molecule has 1 unspecified atom stereocenters. The molecule has 4 nitrogen and oxygen atoms in total. The third-order valence-corrected chi connectivity index (χ3v) is 4.40. The first-order valence-electron chi connectivity index (χ1n) is 7.94. The van der Waals surface area contributed by atoms with Gasteiger partial charge < -0.3 is 16.0 Å². The number of aryl methyl sites for hydroxylation is 1. The second kappa shape index (κ2) is 6.94. The summed E-state index contributed by atoms with van der Waals surface area (Å²) in [5.74, 6) is -0.263. The number of nitrogens with two attached hydrogens (primary N) is 1. The van der Waals surface area contributed by atoms with Crippen LogP contribution in [0.4, 0.5) is 5.69 Å². The van der Waals surface area contributed by atoms with Crippen LogP contribution in [0.2, 0.25) is 0 Å². The summed E-state index contributed by atoms with van der Waals surface area (Å²) >= 11 is 0. The van der Waals surface area contributed by atoms with Crippen LogP contribution in [0.5, 0.6) is 0 Å². The molecule has 0 radical (unpaired) electrons. The lowest BCUT2D eigenvalue weighted by Gasteiger charge is -2.35. The number of carbonyl (C=O) groups is 1. The number of rotatable bonds is 7. The zero-order valence-corrected chi connectivity index (χ0v) is 13.2. The summed E-state index contributed by atoms with van der Waals surface area (Å²) in [7, 11) is 0. The van der Waals surface area contributed by atoms with E-state index in [4.69, 9.17) is 5.73 Å². The van der Waals surface area contributed by atoms with Crippen molar-refractivity contribution in [2.24, 2.45) is 5.73 Å². The number of benzene rings is 1. The van der Waals surface area contributed by atoms with Crippen LogP contribution < -0.4 is 16.0 Å². The maximum Gasteiger partial charge on any atom is 0.237 e. The molecule has 1 amide bonds. The van der Waals surface area contributed by atoms with Crippen molar-refractivity contribution < 1.29 is 4.79 Å². The molecule has 2 rings (SSSR count). The zero-order chi connectivity index (χ0) is 15.3. The molecule has 1 aromatic rings. The van der Waals surface area contributed by atoms with Crippen LogP contribution in [0.15, 0.2) is 24.3 Å². The number of anilines is 1. The van der Waals surface area contributed by atoms with Crippen molar-refractivity contribution in [2.45, 2.75) is 45.1 Å². The van der Waals surface area contributed by atoms with Gasteiger partial charge in [-0.05, 0) is 50.8 Å². The number of primary amides is 1. The molecule has 0 saturated carbocycles. The molecule has 0 saturated heterocycles. The van der Waals surface area contributed by atoms with Crippen molar-refractivity contribution in [3.63, 3.8) is 0 Å². The minimum absolute atomic E-state index is 0.263. The number of hydrogen-bond acceptors (Lipinski definition) is 3. The van der Waals surface area contributed by atoms with E-state index in [9.17, 15) is 4.79 Å². The Kier molecular flexibility index (Phi) is 5.23. The van der Waals surface area contributed by atoms with Crippen molar-refractivity contribution in [3.8, 4) is 0 Å². The van der Waals surface area contributed by atoms with E-state index in [-0.39, 0.29) is 5.91 Å². The van der Waals surface area contributed by atoms with E-state index in [2.05, 4.69) is 41.4 Å². The Morgan fingerprint density at radius 1 is 1.43 bits per heavy atom. The highest BCUT2D eigenvalue weighted by molar-refractivity contribution is 5.84. The lowest BCUT2D eigenvalue weighted by atomic mass is 9.94. The van der Waals surface area contributed by atoms with Crippen LogP contribution in [0.25, 0.3) is 0 Å². The van der Waals surface area contributed by atoms with Gasteiger partial charge in [0.2, 0.25) is 5.91 Å². The fraction of sp³-hybridized carbons (Fsp3) is 0.588. The Morgan fingerprint density at radius 2 is 2.19 bits per heavy atom. The minimum Gasteiger partial charge on any atom is -0.371 e. The number of para-hydroxylation sites is 1. The van der Waals surface area contributed by atoms with Crippen molar-refractivity contribution >= 4 is 11.6 Å². The zero-order valence-electron chi connectivity index (χ0n) is 13.2. The standard InChI is InChI=1S/C17H27N3O/c1-3-11-19-17(2,16(18)21)10-13-20-12-6-8-14-7-4-5-9-15(14)20/h4-5,7,9,19H,3,6,8,10-13H2,1-2H3,(H2,18,21). The highest BCUT2D eigenvalue weighted by Crippen LogP contribution is 2.27. The summed E-state index contributed by atoms with van der Waals surface area (Å²) in [6.07, 6.45) is 4.05. The molecule has 21 heavy (non-hydrogen) atoms. The minimum atomic E-state index is -0.623. The Balaban J connectivity index is 2.03. The first-order valence-corrected chi connectivity index (χ1v) is 7.94. The molecule has 1 atom stereocenters. The predicted molar refractivity (Wildman–Crippen MR) is 87.5 cm³/mol. The number of hydrogen-bond donors (Lipinski definition) is 2. The molecule has 1 heterocycles. The van der Waals surface area contributed by atoms with E-state index in [0.717, 1.165) is 38.9 Å². The van der Waals surface area contributed by atoms with Crippen LogP contribution in [0.3, 0.4) is 0 Å². The number of fused-ring (bicyclic) bond motifs is 1. The van der Waals surface area contributed by atoms with Crippen LogP contribution in [-0.2, 0) is 11.2 Å². The largest absolute Gasteiger partial charge is 0.371 e. The van der Waals surface area contributed by atoms with Gasteiger partial charge in [0, 0.05) is 18.8 Å². The third-order valence-electron chi connectivity index (χ3n) is 4.40. The van der Waals surface area contributed by atoms with Gasteiger partial charge >= 0.3 is 0 Å². The van der Waals surface area contributed by atoms with Gasteiger partial charge in [-0.25, -0.2) is 0 Å². The molecular weight excluding hydrogens is 262 g/mol. The molecule has 0 bridgehead atoms. The second-order valence-corrected chi connectivity index (χ2v) is 6.09. The van der Waals surface area contributed by atoms with Crippen molar-refractivity contribution in [3.05, 3.63) is 29.8 Å². The highest BCUT2D eigenvalue weighted by atomic mass is 16.1. The molecule has 0 aromatic heterocycles. The van der Waals surface area contributed by atoms with Gasteiger partial charge in [-0.2, -0.15) is 0 Å². The molecular formula is C17H27N3O. The van der Waals surface area contributed by atoms with Crippen LogP contribution >= 0.6 is 0 Å². The van der Waals surface area contributed by atoms with Gasteiger partial charge in [0.05, 0.1) is 5.54 Å². The Bertz CT molecular complexity index is 489. The first kappa shape index (κ1) is 15.8. The average molecular weight is 289 g/mol. The van der Waals surface area contributed by atoms with Crippen LogP contribution in [0.1, 0.15) is 38.7 Å². The van der Waals surface area contributed by atoms with E-state index in [1.54, 1.807) is 0 Å². The molecule has 116 valence electrons. The summed E-state index contributed by atoms with van der Waals surface area (Å²) < 4.78 is 0. The smallest absolute Gasteiger partial charge is 0.237 e. The topological polar surface area (TPSA) is 58.4 Å². The molecule has 0 fully saturated rings. The number of nitrogens with zero attached hydrogens (tertiary/aromatic N) is 1. The lowest BCUT2D eigenvalue weighted by molar-refractivity contribution is -0.124. The fourth-order valence-electron chi connectivity index (χ4n) is 2.90. The molecule has 3 N–H and O–H groups in total. The monoisotopic (exact) mass is 289 g/mol. The normalized spacial score (nSPS) is 17.1. The average Bonchev–Trinajstić information content (AvgIpc) is 2.50. The van der Waals surface area contributed by atoms with E-state index in [0.29, 0.717) is 0 Å². The SMILES string of the molecule is CCCNC(C)(CCN1CCCc2ccccc21)C(N)=O. The predicted octanol–water partition coefficient (Wildman–Crippen LogP) is 2.07. The van der Waals surface area contributed by atoms with Crippen molar-refractivity contribution in [1.82, 2.24) is 5.32 Å². The molecule has 0 aliphatic carbocycles. The second-order valence-electron chi connectivity index (χ2n) is 6.09. The van der Waals surface area contributed by atoms with Gasteiger partial charge in [-0.15, -0.1) is 0 Å². The fourth-order valence-corrected chi connectivity index (χ4v) is 2.90. The van der Waals surface area contributed by atoms with Gasteiger partial charge in [0.15, 0.2) is 0 Å². The summed E-state index contributed by atoms with van der Waals surface area (Å²) in [5, 5.41) is 3.31. The number of amides is 1. The van der Waals surface area contributed by atoms with Crippen molar-refractivity contribution in [1.29, 1.82) is 0 Å². The van der Waals surface area contributed by atoms with Gasteiger partial charge in [-0.3, -0.25) is 4.79 Å². The Hall–Kier alpha value is -1.55. The Morgan fingerprint density at radius 3 is 2.90 bits per heavy atom. The molecule has 4 heteroatoms. The van der Waals surface area contributed by atoms with Gasteiger partial charge in [0.25, 0.3) is 0 Å². The maximum absolute atomic E-state index is 11.8. The van der Waals surface area contributed by atoms with E-state index in [1.807, 2.05) is 6.92 Å². The summed E-state index contributed by atoms with van der Waals surface area (Å²) in [5.41, 5.74) is 7.70. The van der Waals surface area contributed by atoms with Gasteiger partial charge in [-0.1, -0.05) is 25.1 Å². The highest BCUT2D eigenvalue weighted by Gasteiger charge is 2.31. The van der Waals surface area contributed by atoms with E-state index >= 15 is 0 Å². The van der Waals surface area contributed by atoms with E-state index in [1.165, 1.54) is 17.7 Å². The van der Waals surface area contributed by atoms with E-state index < -0.39 is 5.54 Å². The summed E-state index contributed by atoms with van der Waals surface area (Å²) in [4.78, 5) is 14.2. The summed E-state index contributed by atoms with van der Waals surface area (Å²) in [6, 6.07) is 8.55. The molecule has 1 aliphatic heterocycles. The Labute approximate surface area is 127 Å². The number of carbonyl (C=O) groups excluding carboxylic acids is 1. The lowest BCUT2D eigenvalue weighted by Crippen LogP contribution is -2.55. The molecule has 1 aliphatic rings. The maximum atomic E-state index is 11.8. The van der Waals surface area contributed by atoms with Crippen LogP contribution in [0, 0.1) is 0 Å². The third kappa shape index (κ3) is 3.76. The first-order chi connectivity index (χ1) is 10.1.